The van der Waals surface area contributed by atoms with Crippen molar-refractivity contribution in [3.8, 4) is 0 Å². The Balaban J connectivity index is 2.23. The molecular weight excluding hydrogens is 220 g/mol. The maximum Gasteiger partial charge on any atom is 0.326 e. The molecule has 1 spiro atoms. The summed E-state index contributed by atoms with van der Waals surface area (Å²) in [5, 5.41) is 0. The zero-order valence-electron chi connectivity index (χ0n) is 10.6. The second-order valence-electron chi connectivity index (χ2n) is 5.04. The summed E-state index contributed by atoms with van der Waals surface area (Å²) < 4.78 is 11.0. The molecular formula is C13H20O4. The van der Waals surface area contributed by atoms with E-state index in [4.69, 9.17) is 9.47 Å². The van der Waals surface area contributed by atoms with E-state index in [-0.39, 0.29) is 11.9 Å². The second-order valence-corrected chi connectivity index (χ2v) is 5.04. The first kappa shape index (κ1) is 12.4. The number of rotatable bonds is 2. The summed E-state index contributed by atoms with van der Waals surface area (Å²) in [5.41, 5.74) is -1.07. The Kier molecular flexibility index (Phi) is 3.15. The number of carbonyl (C=O) groups is 2. The van der Waals surface area contributed by atoms with Gasteiger partial charge in [-0.15, -0.1) is 0 Å². The fraction of sp³-hybridized carbons (Fsp3) is 0.846. The number of hydrogen-bond donors (Lipinski definition) is 0. The van der Waals surface area contributed by atoms with Gasteiger partial charge < -0.3 is 9.47 Å². The second kappa shape index (κ2) is 4.31. The molecule has 4 nitrogen and oxygen atoms in total. The number of hydrogen-bond acceptors (Lipinski definition) is 4. The van der Waals surface area contributed by atoms with Crippen LogP contribution >= 0.6 is 0 Å². The minimum atomic E-state index is -1.07. The lowest BCUT2D eigenvalue weighted by Gasteiger charge is -2.44. The van der Waals surface area contributed by atoms with E-state index in [0.717, 1.165) is 19.3 Å². The summed E-state index contributed by atoms with van der Waals surface area (Å²) in [6.07, 6.45) is 5.19. The van der Waals surface area contributed by atoms with Gasteiger partial charge in [-0.25, -0.2) is 0 Å². The molecule has 0 aromatic carbocycles. The van der Waals surface area contributed by atoms with Crippen LogP contribution in [-0.4, -0.2) is 17.7 Å². The summed E-state index contributed by atoms with van der Waals surface area (Å²) >= 11 is 0. The largest absolute Gasteiger partial charge is 0.422 e. The van der Waals surface area contributed by atoms with Gasteiger partial charge >= 0.3 is 11.9 Å². The number of esters is 2. The van der Waals surface area contributed by atoms with Crippen molar-refractivity contribution < 1.29 is 19.1 Å². The number of carbonyl (C=O) groups excluding carboxylic acids is 2. The smallest absolute Gasteiger partial charge is 0.326 e. The Morgan fingerprint density at radius 3 is 1.82 bits per heavy atom. The molecule has 1 saturated carbocycles. The van der Waals surface area contributed by atoms with Gasteiger partial charge in [-0.3, -0.25) is 9.59 Å². The van der Waals surface area contributed by atoms with Crippen LogP contribution in [0.15, 0.2) is 0 Å². The van der Waals surface area contributed by atoms with Crippen LogP contribution in [0.5, 0.6) is 0 Å². The molecule has 0 aromatic heterocycles. The van der Waals surface area contributed by atoms with Crippen molar-refractivity contribution in [2.75, 3.05) is 0 Å². The van der Waals surface area contributed by atoms with Gasteiger partial charge in [-0.1, -0.05) is 20.3 Å². The third-order valence-corrected chi connectivity index (χ3v) is 4.16. The standard InChI is InChI=1S/C13H20O4/c1-3-12(4-2)10(14)16-13(17-11(12)15)8-6-5-7-9-13/h3-9H2,1-2H3. The summed E-state index contributed by atoms with van der Waals surface area (Å²) in [5.74, 6) is -1.72. The van der Waals surface area contributed by atoms with Crippen LogP contribution in [0.3, 0.4) is 0 Å². The van der Waals surface area contributed by atoms with E-state index in [1.807, 2.05) is 13.8 Å². The highest BCUT2D eigenvalue weighted by molar-refractivity contribution is 6.01. The van der Waals surface area contributed by atoms with Crippen molar-refractivity contribution in [1.82, 2.24) is 0 Å². The van der Waals surface area contributed by atoms with Gasteiger partial charge in [-0.05, 0) is 25.7 Å². The predicted molar refractivity (Wildman–Crippen MR) is 61.0 cm³/mol. The molecule has 0 aromatic rings. The van der Waals surface area contributed by atoms with Crippen molar-refractivity contribution >= 4 is 11.9 Å². The monoisotopic (exact) mass is 240 g/mol. The van der Waals surface area contributed by atoms with Crippen molar-refractivity contribution in [1.29, 1.82) is 0 Å². The maximum absolute atomic E-state index is 12.1. The summed E-state index contributed by atoms with van der Waals surface area (Å²) in [7, 11) is 0. The molecule has 1 saturated heterocycles. The minimum Gasteiger partial charge on any atom is -0.422 e. The van der Waals surface area contributed by atoms with E-state index in [1.54, 1.807) is 0 Å². The average Bonchev–Trinajstić information content (AvgIpc) is 2.31. The first-order valence-electron chi connectivity index (χ1n) is 6.55. The third-order valence-electron chi connectivity index (χ3n) is 4.16. The zero-order valence-corrected chi connectivity index (χ0v) is 10.6. The van der Waals surface area contributed by atoms with Gasteiger partial charge in [0.05, 0.1) is 0 Å². The van der Waals surface area contributed by atoms with Gasteiger partial charge in [0.1, 0.15) is 0 Å². The Morgan fingerprint density at radius 2 is 1.41 bits per heavy atom. The molecule has 0 N–H and O–H groups in total. The van der Waals surface area contributed by atoms with Crippen LogP contribution < -0.4 is 0 Å². The Hall–Kier alpha value is -1.06. The van der Waals surface area contributed by atoms with E-state index in [2.05, 4.69) is 0 Å². The predicted octanol–water partition coefficient (Wildman–Crippen LogP) is 2.55. The molecule has 1 aliphatic heterocycles. The van der Waals surface area contributed by atoms with Crippen molar-refractivity contribution in [3.05, 3.63) is 0 Å². The molecule has 2 rings (SSSR count). The van der Waals surface area contributed by atoms with E-state index < -0.39 is 11.2 Å². The lowest BCUT2D eigenvalue weighted by molar-refractivity contribution is -0.271. The van der Waals surface area contributed by atoms with E-state index >= 15 is 0 Å². The normalized spacial score (nSPS) is 26.5. The minimum absolute atomic E-state index is 0.388. The van der Waals surface area contributed by atoms with Gasteiger partial charge in [0, 0.05) is 12.8 Å². The van der Waals surface area contributed by atoms with Crippen LogP contribution in [0, 0.1) is 5.41 Å². The van der Waals surface area contributed by atoms with E-state index in [1.165, 1.54) is 0 Å². The van der Waals surface area contributed by atoms with Crippen LogP contribution in [0.4, 0.5) is 0 Å². The Bertz CT molecular complexity index is 302. The molecule has 2 aliphatic rings. The molecule has 2 fully saturated rings. The summed E-state index contributed by atoms with van der Waals surface area (Å²) in [6, 6.07) is 0. The maximum atomic E-state index is 12.1. The molecule has 96 valence electrons. The van der Waals surface area contributed by atoms with E-state index in [9.17, 15) is 9.59 Å². The SMILES string of the molecule is CCC1(CC)C(=O)OC2(CCCCC2)OC1=O. The molecule has 4 heteroatoms. The van der Waals surface area contributed by atoms with Crippen molar-refractivity contribution in [3.63, 3.8) is 0 Å². The van der Waals surface area contributed by atoms with Crippen LogP contribution in [0.1, 0.15) is 58.8 Å². The van der Waals surface area contributed by atoms with Gasteiger partial charge in [0.15, 0.2) is 5.41 Å². The van der Waals surface area contributed by atoms with E-state index in [0.29, 0.717) is 25.7 Å². The lowest BCUT2D eigenvalue weighted by Crippen LogP contribution is -2.56. The first-order chi connectivity index (χ1) is 8.08. The summed E-state index contributed by atoms with van der Waals surface area (Å²) in [6.45, 7) is 3.65. The molecule has 0 unspecified atom stereocenters. The molecule has 0 radical (unpaired) electrons. The average molecular weight is 240 g/mol. The fourth-order valence-electron chi connectivity index (χ4n) is 2.76. The first-order valence-corrected chi connectivity index (χ1v) is 6.55. The van der Waals surface area contributed by atoms with Crippen LogP contribution in [-0.2, 0) is 19.1 Å². The van der Waals surface area contributed by atoms with Crippen LogP contribution in [0.2, 0.25) is 0 Å². The highest BCUT2D eigenvalue weighted by atomic mass is 16.7. The summed E-state index contributed by atoms with van der Waals surface area (Å²) in [4.78, 5) is 24.3. The molecule has 1 heterocycles. The van der Waals surface area contributed by atoms with Crippen LogP contribution in [0.25, 0.3) is 0 Å². The Labute approximate surface area is 102 Å². The molecule has 17 heavy (non-hydrogen) atoms. The Morgan fingerprint density at radius 1 is 0.941 bits per heavy atom. The highest BCUT2D eigenvalue weighted by Gasteiger charge is 2.56. The molecule has 0 atom stereocenters. The zero-order chi connectivity index (χ0) is 12.5. The highest BCUT2D eigenvalue weighted by Crippen LogP contribution is 2.43. The fourth-order valence-corrected chi connectivity index (χ4v) is 2.76. The molecule has 0 amide bonds. The number of ether oxygens (including phenoxy) is 2. The quantitative estimate of drug-likeness (QED) is 0.550. The molecule has 0 bridgehead atoms. The lowest BCUT2D eigenvalue weighted by atomic mass is 9.80. The topological polar surface area (TPSA) is 52.6 Å². The van der Waals surface area contributed by atoms with Gasteiger partial charge in [0.25, 0.3) is 5.79 Å². The molecule has 1 aliphatic carbocycles. The van der Waals surface area contributed by atoms with Gasteiger partial charge in [-0.2, -0.15) is 0 Å². The van der Waals surface area contributed by atoms with Crippen molar-refractivity contribution in [2.24, 2.45) is 5.41 Å². The van der Waals surface area contributed by atoms with Gasteiger partial charge in [0.2, 0.25) is 0 Å². The van der Waals surface area contributed by atoms with Crippen molar-refractivity contribution in [2.45, 2.75) is 64.6 Å². The third kappa shape index (κ3) is 1.83.